The summed E-state index contributed by atoms with van der Waals surface area (Å²) >= 11 is 0. The first-order valence-electron chi connectivity index (χ1n) is 5.45. The molecule has 0 spiro atoms. The molecule has 0 aromatic heterocycles. The van der Waals surface area contributed by atoms with Crippen molar-refractivity contribution in [2.75, 3.05) is 0 Å². The number of rotatable bonds is 4. The van der Waals surface area contributed by atoms with E-state index in [2.05, 4.69) is 5.32 Å². The van der Waals surface area contributed by atoms with E-state index < -0.39 is 6.04 Å². The summed E-state index contributed by atoms with van der Waals surface area (Å²) in [6.07, 6.45) is 0.440. The quantitative estimate of drug-likeness (QED) is 0.842. The van der Waals surface area contributed by atoms with Crippen LogP contribution in [0.4, 0.5) is 0 Å². The molecule has 0 fully saturated rings. The zero-order chi connectivity index (χ0) is 12.1. The van der Waals surface area contributed by atoms with Crippen LogP contribution in [-0.4, -0.2) is 17.7 Å². The third-order valence-corrected chi connectivity index (χ3v) is 2.57. The van der Waals surface area contributed by atoms with Gasteiger partial charge in [0.05, 0.1) is 6.04 Å². The van der Waals surface area contributed by atoms with Gasteiger partial charge in [-0.1, -0.05) is 25.1 Å². The Bertz CT molecular complexity index is 399. The minimum Gasteiger partial charge on any atom is -0.343 e. The van der Waals surface area contributed by atoms with Crippen LogP contribution in [0.3, 0.4) is 0 Å². The molecule has 0 saturated carbocycles. The fraction of sp³-hybridized carbons (Fsp3) is 0.385. The van der Waals surface area contributed by atoms with Crippen LogP contribution in [-0.2, 0) is 4.79 Å². The van der Waals surface area contributed by atoms with Gasteiger partial charge in [-0.05, 0) is 25.5 Å². The van der Waals surface area contributed by atoms with E-state index in [9.17, 15) is 9.59 Å². The Kier molecular flexibility index (Phi) is 4.23. The maximum Gasteiger partial charge on any atom is 0.252 e. The molecule has 0 saturated heterocycles. The summed E-state index contributed by atoms with van der Waals surface area (Å²) < 4.78 is 0. The molecule has 0 radical (unpaired) electrons. The van der Waals surface area contributed by atoms with Crippen molar-refractivity contribution in [2.45, 2.75) is 33.2 Å². The van der Waals surface area contributed by atoms with Crippen molar-refractivity contribution in [1.82, 2.24) is 5.32 Å². The third-order valence-electron chi connectivity index (χ3n) is 2.57. The number of benzene rings is 1. The van der Waals surface area contributed by atoms with Gasteiger partial charge < -0.3 is 5.32 Å². The number of amides is 1. The predicted octanol–water partition coefficient (Wildman–Crippen LogP) is 2.09. The molecule has 0 bridgehead atoms. The topological polar surface area (TPSA) is 46.2 Å². The lowest BCUT2D eigenvalue weighted by Gasteiger charge is -2.12. The summed E-state index contributed by atoms with van der Waals surface area (Å²) in [7, 11) is 0. The van der Waals surface area contributed by atoms with Crippen LogP contribution in [0.15, 0.2) is 24.3 Å². The van der Waals surface area contributed by atoms with Crippen molar-refractivity contribution < 1.29 is 9.59 Å². The average Bonchev–Trinajstić information content (AvgIpc) is 2.28. The Morgan fingerprint density at radius 3 is 2.50 bits per heavy atom. The lowest BCUT2D eigenvalue weighted by Crippen LogP contribution is -2.38. The smallest absolute Gasteiger partial charge is 0.252 e. The lowest BCUT2D eigenvalue weighted by molar-refractivity contribution is -0.120. The molecule has 3 heteroatoms. The SMILES string of the molecule is CCC(=O)C(C)NC(=O)c1ccccc1C. The summed E-state index contributed by atoms with van der Waals surface area (Å²) in [5.74, 6) is -0.144. The number of carbonyl (C=O) groups is 2. The van der Waals surface area contributed by atoms with E-state index in [1.165, 1.54) is 0 Å². The molecular formula is C13H17NO2. The van der Waals surface area contributed by atoms with Crippen LogP contribution < -0.4 is 5.32 Å². The number of Topliss-reactive ketones (excluding diaryl/α,β-unsaturated/α-hetero) is 1. The highest BCUT2D eigenvalue weighted by atomic mass is 16.2. The molecule has 0 aliphatic rings. The van der Waals surface area contributed by atoms with Gasteiger partial charge in [0.15, 0.2) is 5.78 Å². The Morgan fingerprint density at radius 1 is 1.31 bits per heavy atom. The van der Waals surface area contributed by atoms with Crippen LogP contribution in [0.25, 0.3) is 0 Å². The maximum atomic E-state index is 11.8. The third kappa shape index (κ3) is 2.92. The highest BCUT2D eigenvalue weighted by Gasteiger charge is 2.15. The highest BCUT2D eigenvalue weighted by Crippen LogP contribution is 2.07. The number of aryl methyl sites for hydroxylation is 1. The number of carbonyl (C=O) groups excluding carboxylic acids is 2. The van der Waals surface area contributed by atoms with Crippen molar-refractivity contribution in [3.05, 3.63) is 35.4 Å². The van der Waals surface area contributed by atoms with Gasteiger partial charge in [0.25, 0.3) is 5.91 Å². The Balaban J connectivity index is 2.73. The molecule has 1 N–H and O–H groups in total. The second kappa shape index (κ2) is 5.45. The second-order valence-corrected chi connectivity index (χ2v) is 3.83. The van der Waals surface area contributed by atoms with Gasteiger partial charge in [-0.25, -0.2) is 0 Å². The zero-order valence-corrected chi connectivity index (χ0v) is 9.91. The molecule has 1 unspecified atom stereocenters. The number of hydrogen-bond acceptors (Lipinski definition) is 2. The van der Waals surface area contributed by atoms with Gasteiger partial charge in [0.2, 0.25) is 0 Å². The summed E-state index contributed by atoms with van der Waals surface area (Å²) in [5, 5.41) is 2.70. The van der Waals surface area contributed by atoms with Crippen molar-refractivity contribution in [3.63, 3.8) is 0 Å². The largest absolute Gasteiger partial charge is 0.343 e. The van der Waals surface area contributed by atoms with Gasteiger partial charge in [-0.2, -0.15) is 0 Å². The molecule has 3 nitrogen and oxygen atoms in total. The standard InChI is InChI=1S/C13H17NO2/c1-4-12(15)10(3)14-13(16)11-8-6-5-7-9(11)2/h5-8,10H,4H2,1-3H3,(H,14,16). The minimum absolute atomic E-state index is 0.0435. The van der Waals surface area contributed by atoms with Gasteiger partial charge in [0, 0.05) is 12.0 Å². The van der Waals surface area contributed by atoms with Crippen LogP contribution in [0, 0.1) is 6.92 Å². The number of nitrogens with one attached hydrogen (secondary N) is 1. The fourth-order valence-electron chi connectivity index (χ4n) is 1.49. The molecule has 1 rings (SSSR count). The van der Waals surface area contributed by atoms with Crippen molar-refractivity contribution in [1.29, 1.82) is 0 Å². The van der Waals surface area contributed by atoms with E-state index in [4.69, 9.17) is 0 Å². The molecule has 0 heterocycles. The molecule has 0 aliphatic carbocycles. The molecule has 1 aromatic carbocycles. The first-order valence-corrected chi connectivity index (χ1v) is 5.45. The molecule has 86 valence electrons. The monoisotopic (exact) mass is 219 g/mol. The number of ketones is 1. The van der Waals surface area contributed by atoms with Crippen LogP contribution in [0.1, 0.15) is 36.2 Å². The Hall–Kier alpha value is -1.64. The first-order chi connectivity index (χ1) is 7.56. The van der Waals surface area contributed by atoms with E-state index >= 15 is 0 Å². The van der Waals surface area contributed by atoms with E-state index in [-0.39, 0.29) is 11.7 Å². The van der Waals surface area contributed by atoms with E-state index in [1.54, 1.807) is 19.9 Å². The van der Waals surface area contributed by atoms with E-state index in [1.807, 2.05) is 25.1 Å². The molecule has 1 atom stereocenters. The van der Waals surface area contributed by atoms with E-state index in [0.717, 1.165) is 5.56 Å². The van der Waals surface area contributed by atoms with E-state index in [0.29, 0.717) is 12.0 Å². The summed E-state index contributed by atoms with van der Waals surface area (Å²) in [6.45, 7) is 5.38. The van der Waals surface area contributed by atoms with Crippen molar-refractivity contribution >= 4 is 11.7 Å². The average molecular weight is 219 g/mol. The minimum atomic E-state index is -0.419. The van der Waals surface area contributed by atoms with Gasteiger partial charge >= 0.3 is 0 Å². The Labute approximate surface area is 95.9 Å². The van der Waals surface area contributed by atoms with Crippen LogP contribution in [0.5, 0.6) is 0 Å². The molecule has 1 aromatic rings. The second-order valence-electron chi connectivity index (χ2n) is 3.83. The number of hydrogen-bond donors (Lipinski definition) is 1. The molecular weight excluding hydrogens is 202 g/mol. The van der Waals surface area contributed by atoms with Gasteiger partial charge in [-0.15, -0.1) is 0 Å². The fourth-order valence-corrected chi connectivity index (χ4v) is 1.49. The van der Waals surface area contributed by atoms with Crippen molar-refractivity contribution in [3.8, 4) is 0 Å². The van der Waals surface area contributed by atoms with Crippen LogP contribution in [0.2, 0.25) is 0 Å². The Morgan fingerprint density at radius 2 is 1.94 bits per heavy atom. The van der Waals surface area contributed by atoms with Gasteiger partial charge in [0.1, 0.15) is 0 Å². The highest BCUT2D eigenvalue weighted by molar-refractivity contribution is 5.98. The summed E-state index contributed by atoms with van der Waals surface area (Å²) in [4.78, 5) is 23.2. The zero-order valence-electron chi connectivity index (χ0n) is 9.91. The lowest BCUT2D eigenvalue weighted by atomic mass is 10.1. The molecule has 16 heavy (non-hydrogen) atoms. The summed E-state index contributed by atoms with van der Waals surface area (Å²) in [5.41, 5.74) is 1.54. The van der Waals surface area contributed by atoms with Crippen molar-refractivity contribution in [2.24, 2.45) is 0 Å². The predicted molar refractivity (Wildman–Crippen MR) is 63.4 cm³/mol. The maximum absolute atomic E-state index is 11.8. The van der Waals surface area contributed by atoms with Crippen LogP contribution >= 0.6 is 0 Å². The molecule has 0 aliphatic heterocycles. The first kappa shape index (κ1) is 12.4. The molecule has 1 amide bonds. The summed E-state index contributed by atoms with van der Waals surface area (Å²) in [6, 6.07) is 6.91. The van der Waals surface area contributed by atoms with Gasteiger partial charge in [-0.3, -0.25) is 9.59 Å². The normalized spacial score (nSPS) is 11.9.